The van der Waals surface area contributed by atoms with Gasteiger partial charge in [0.1, 0.15) is 0 Å². The second-order valence-electron chi connectivity index (χ2n) is 6.56. The standard InChI is InChI=1S/C21H18N4O3S/c1-13-22-17(12-29-13)14-6-8-15(9-7-14)23-19(26)10-11-25-18-5-3-2-4-16(18)20(27)24-21(25)28/h2-9,12H,10-11H2,1H3,(H,23,26)(H,24,27,28). The summed E-state index contributed by atoms with van der Waals surface area (Å²) >= 11 is 1.59. The summed E-state index contributed by atoms with van der Waals surface area (Å²) in [4.78, 5) is 43.2. The molecule has 0 saturated carbocycles. The van der Waals surface area contributed by atoms with Crippen LogP contribution >= 0.6 is 11.3 Å². The Balaban J connectivity index is 1.45. The van der Waals surface area contributed by atoms with Crippen LogP contribution in [0.25, 0.3) is 22.2 Å². The molecule has 0 aliphatic rings. The number of aromatic nitrogens is 3. The van der Waals surface area contributed by atoms with Gasteiger partial charge in [-0.25, -0.2) is 9.78 Å². The Hall–Kier alpha value is -3.52. The number of thiazole rings is 1. The van der Waals surface area contributed by atoms with E-state index in [4.69, 9.17) is 0 Å². The third-order valence-electron chi connectivity index (χ3n) is 4.55. The SMILES string of the molecule is Cc1nc(-c2ccc(NC(=O)CCn3c(=O)[nH]c(=O)c4ccccc43)cc2)cs1. The van der Waals surface area contributed by atoms with Gasteiger partial charge in [-0.1, -0.05) is 24.3 Å². The molecule has 29 heavy (non-hydrogen) atoms. The summed E-state index contributed by atoms with van der Waals surface area (Å²) in [6.07, 6.45) is 0.100. The molecule has 1 amide bonds. The van der Waals surface area contributed by atoms with Crippen molar-refractivity contribution in [3.05, 3.63) is 79.8 Å². The lowest BCUT2D eigenvalue weighted by Gasteiger charge is -2.10. The smallest absolute Gasteiger partial charge is 0.326 e. The van der Waals surface area contributed by atoms with Crippen LogP contribution in [0.2, 0.25) is 0 Å². The zero-order valence-corrected chi connectivity index (χ0v) is 16.5. The summed E-state index contributed by atoms with van der Waals surface area (Å²) in [5.74, 6) is -0.218. The molecule has 0 atom stereocenters. The van der Waals surface area contributed by atoms with Crippen LogP contribution in [0.3, 0.4) is 0 Å². The average Bonchev–Trinajstić information content (AvgIpc) is 3.15. The van der Waals surface area contributed by atoms with Crippen molar-refractivity contribution in [3.63, 3.8) is 0 Å². The quantitative estimate of drug-likeness (QED) is 0.532. The molecular formula is C21H18N4O3S. The van der Waals surface area contributed by atoms with Gasteiger partial charge in [0.05, 0.1) is 21.6 Å². The van der Waals surface area contributed by atoms with Crippen LogP contribution in [0.5, 0.6) is 0 Å². The Morgan fingerprint density at radius 1 is 1.14 bits per heavy atom. The second-order valence-corrected chi connectivity index (χ2v) is 7.62. The highest BCUT2D eigenvalue weighted by atomic mass is 32.1. The third-order valence-corrected chi connectivity index (χ3v) is 5.32. The van der Waals surface area contributed by atoms with Gasteiger partial charge in [-0.2, -0.15) is 0 Å². The van der Waals surface area contributed by atoms with E-state index in [2.05, 4.69) is 15.3 Å². The van der Waals surface area contributed by atoms with Crippen LogP contribution in [0, 0.1) is 6.92 Å². The van der Waals surface area contributed by atoms with Gasteiger partial charge in [0.2, 0.25) is 5.91 Å². The summed E-state index contributed by atoms with van der Waals surface area (Å²) in [7, 11) is 0. The van der Waals surface area contributed by atoms with Crippen molar-refractivity contribution in [2.75, 3.05) is 5.32 Å². The fourth-order valence-corrected chi connectivity index (χ4v) is 3.74. The molecule has 0 spiro atoms. The van der Waals surface area contributed by atoms with E-state index in [0.29, 0.717) is 16.6 Å². The van der Waals surface area contributed by atoms with E-state index in [1.54, 1.807) is 35.6 Å². The van der Waals surface area contributed by atoms with E-state index >= 15 is 0 Å². The van der Waals surface area contributed by atoms with Gasteiger partial charge in [-0.15, -0.1) is 11.3 Å². The highest BCUT2D eigenvalue weighted by Crippen LogP contribution is 2.23. The summed E-state index contributed by atoms with van der Waals surface area (Å²) < 4.78 is 1.41. The lowest BCUT2D eigenvalue weighted by molar-refractivity contribution is -0.116. The monoisotopic (exact) mass is 406 g/mol. The maximum atomic E-state index is 12.3. The lowest BCUT2D eigenvalue weighted by atomic mass is 10.1. The molecule has 2 aromatic heterocycles. The van der Waals surface area contributed by atoms with Gasteiger partial charge >= 0.3 is 5.69 Å². The van der Waals surface area contributed by atoms with Crippen molar-refractivity contribution in [2.45, 2.75) is 19.9 Å². The molecule has 2 N–H and O–H groups in total. The molecule has 0 aliphatic carbocycles. The zero-order valence-electron chi connectivity index (χ0n) is 15.6. The number of benzene rings is 2. The summed E-state index contributed by atoms with van der Waals surface area (Å²) in [6.45, 7) is 2.12. The number of para-hydroxylation sites is 1. The average molecular weight is 406 g/mol. The van der Waals surface area contributed by atoms with Crippen molar-refractivity contribution in [3.8, 4) is 11.3 Å². The second kappa shape index (κ2) is 7.84. The normalized spacial score (nSPS) is 10.9. The van der Waals surface area contributed by atoms with Gasteiger partial charge in [0, 0.05) is 29.6 Å². The van der Waals surface area contributed by atoms with Crippen LogP contribution in [0.4, 0.5) is 5.69 Å². The molecule has 0 aliphatic heterocycles. The molecule has 2 aromatic carbocycles. The van der Waals surface area contributed by atoms with Gasteiger partial charge in [0.25, 0.3) is 5.56 Å². The Morgan fingerprint density at radius 3 is 2.62 bits per heavy atom. The zero-order chi connectivity index (χ0) is 20.4. The summed E-state index contributed by atoms with van der Waals surface area (Å²) in [5, 5.41) is 6.25. The topological polar surface area (TPSA) is 96.8 Å². The van der Waals surface area contributed by atoms with Gasteiger partial charge in [-0.05, 0) is 31.2 Å². The molecule has 146 valence electrons. The van der Waals surface area contributed by atoms with Crippen molar-refractivity contribution in [1.29, 1.82) is 0 Å². The van der Waals surface area contributed by atoms with Crippen molar-refractivity contribution in [2.24, 2.45) is 0 Å². The Bertz CT molecular complexity index is 1300. The molecule has 0 fully saturated rings. The van der Waals surface area contributed by atoms with Crippen LogP contribution in [-0.4, -0.2) is 20.4 Å². The first kappa shape index (κ1) is 18.8. The minimum Gasteiger partial charge on any atom is -0.326 e. The Morgan fingerprint density at radius 2 is 1.90 bits per heavy atom. The molecule has 2 heterocycles. The molecule has 8 heteroatoms. The number of nitrogens with zero attached hydrogens (tertiary/aromatic N) is 2. The first-order valence-corrected chi connectivity index (χ1v) is 9.93. The largest absolute Gasteiger partial charge is 0.328 e. The Kier molecular flexibility index (Phi) is 5.09. The van der Waals surface area contributed by atoms with Gasteiger partial charge in [-0.3, -0.25) is 19.1 Å². The molecule has 4 aromatic rings. The van der Waals surface area contributed by atoms with E-state index in [1.807, 2.05) is 36.6 Å². The van der Waals surface area contributed by atoms with Crippen LogP contribution < -0.4 is 16.6 Å². The minimum absolute atomic E-state index is 0.100. The fourth-order valence-electron chi connectivity index (χ4n) is 3.12. The summed E-state index contributed by atoms with van der Waals surface area (Å²) in [5.41, 5.74) is 2.13. The highest BCUT2D eigenvalue weighted by Gasteiger charge is 2.10. The van der Waals surface area contributed by atoms with Crippen LogP contribution in [-0.2, 0) is 11.3 Å². The van der Waals surface area contributed by atoms with Crippen molar-refractivity contribution in [1.82, 2.24) is 14.5 Å². The number of aromatic amines is 1. The van der Waals surface area contributed by atoms with E-state index in [0.717, 1.165) is 16.3 Å². The third kappa shape index (κ3) is 4.02. The van der Waals surface area contributed by atoms with Crippen molar-refractivity contribution < 1.29 is 4.79 Å². The molecule has 0 saturated heterocycles. The molecule has 4 rings (SSSR count). The van der Waals surface area contributed by atoms with E-state index in [9.17, 15) is 14.4 Å². The molecule has 0 bridgehead atoms. The summed E-state index contributed by atoms with van der Waals surface area (Å²) in [6, 6.07) is 14.3. The predicted octanol–water partition coefficient (Wildman–Crippen LogP) is 3.15. The number of anilines is 1. The molecule has 7 nitrogen and oxygen atoms in total. The number of H-pyrrole nitrogens is 1. The number of hydrogen-bond donors (Lipinski definition) is 2. The maximum Gasteiger partial charge on any atom is 0.328 e. The van der Waals surface area contributed by atoms with Crippen molar-refractivity contribution >= 4 is 33.8 Å². The first-order chi connectivity index (χ1) is 14.0. The first-order valence-electron chi connectivity index (χ1n) is 9.05. The number of fused-ring (bicyclic) bond motifs is 1. The van der Waals surface area contributed by atoms with Crippen LogP contribution in [0.1, 0.15) is 11.4 Å². The Labute approximate surface area is 169 Å². The number of aryl methyl sites for hydroxylation is 2. The van der Waals surface area contributed by atoms with Gasteiger partial charge < -0.3 is 5.32 Å². The van der Waals surface area contributed by atoms with E-state index in [-0.39, 0.29) is 18.9 Å². The molecular weight excluding hydrogens is 388 g/mol. The maximum absolute atomic E-state index is 12.3. The highest BCUT2D eigenvalue weighted by molar-refractivity contribution is 7.09. The number of carbonyl (C=O) groups excluding carboxylic acids is 1. The van der Waals surface area contributed by atoms with E-state index < -0.39 is 11.2 Å². The fraction of sp³-hybridized carbons (Fsp3) is 0.143. The number of amides is 1. The predicted molar refractivity (Wildman–Crippen MR) is 114 cm³/mol. The molecule has 0 radical (unpaired) electrons. The number of nitrogens with one attached hydrogen (secondary N) is 2. The molecule has 0 unspecified atom stereocenters. The number of carbonyl (C=O) groups is 1. The number of rotatable bonds is 5. The lowest BCUT2D eigenvalue weighted by Crippen LogP contribution is -2.31. The van der Waals surface area contributed by atoms with Gasteiger partial charge in [0.15, 0.2) is 0 Å². The number of hydrogen-bond acceptors (Lipinski definition) is 5. The van der Waals surface area contributed by atoms with E-state index in [1.165, 1.54) is 4.57 Å². The minimum atomic E-state index is -0.524. The van der Waals surface area contributed by atoms with Crippen LogP contribution in [0.15, 0.2) is 63.5 Å².